The average molecular weight is 130 g/mol. The lowest BCUT2D eigenvalue weighted by molar-refractivity contribution is -0.148. The second-order valence-electron chi connectivity index (χ2n) is 1.54. The summed E-state index contributed by atoms with van der Waals surface area (Å²) in [4.78, 5) is 20.5. The van der Waals surface area contributed by atoms with E-state index in [1.165, 1.54) is 0 Å². The zero-order chi connectivity index (χ0) is 7.44. The van der Waals surface area contributed by atoms with E-state index in [9.17, 15) is 9.59 Å². The average Bonchev–Trinajstić information content (AvgIpc) is 1.84. The summed E-state index contributed by atoms with van der Waals surface area (Å²) in [5.41, 5.74) is 0. The molecule has 0 aliphatic rings. The van der Waals surface area contributed by atoms with E-state index in [0.717, 1.165) is 15.0 Å². The van der Waals surface area contributed by atoms with Crippen LogP contribution in [0.3, 0.4) is 0 Å². The molecule has 0 aromatic rings. The van der Waals surface area contributed by atoms with E-state index in [1.54, 1.807) is 0 Å². The summed E-state index contributed by atoms with van der Waals surface area (Å²) in [5, 5.41) is 8.57. The number of aliphatic hydroxyl groups excluding tert-OH is 1. The van der Waals surface area contributed by atoms with E-state index in [1.807, 2.05) is 0 Å². The van der Waals surface area contributed by atoms with Gasteiger partial charge < -0.3 is 9.76 Å². The van der Waals surface area contributed by atoms with Gasteiger partial charge in [0.15, 0.2) is 5.78 Å². The van der Waals surface area contributed by atoms with E-state index < -0.39 is 17.9 Å². The van der Waals surface area contributed by atoms with Gasteiger partial charge >= 0.3 is 14.0 Å². The van der Waals surface area contributed by atoms with Crippen molar-refractivity contribution in [3.05, 3.63) is 0 Å². The van der Waals surface area contributed by atoms with Gasteiger partial charge in [0, 0.05) is 0 Å². The van der Waals surface area contributed by atoms with Gasteiger partial charge in [-0.15, -0.1) is 0 Å². The van der Waals surface area contributed by atoms with E-state index in [0.29, 0.717) is 0 Å². The Morgan fingerprint density at radius 2 is 2.11 bits per heavy atom. The first kappa shape index (κ1) is 8.16. The van der Waals surface area contributed by atoms with Crippen LogP contribution in [0.2, 0.25) is 0 Å². The van der Waals surface area contributed by atoms with Crippen molar-refractivity contribution in [1.82, 2.24) is 0 Å². The van der Waals surface area contributed by atoms with Crippen molar-refractivity contribution in [2.24, 2.45) is 0 Å². The summed E-state index contributed by atoms with van der Waals surface area (Å²) in [6.07, 6.45) is -1.62. The minimum Gasteiger partial charge on any atom is -0.541 e. The smallest absolute Gasteiger partial charge is 0.326 e. The van der Waals surface area contributed by atoms with E-state index >= 15 is 0 Å². The topological polar surface area (TPSA) is 63.6 Å². The molecule has 1 unspecified atom stereocenters. The number of aliphatic hydroxyl groups is 1. The third kappa shape index (κ3) is 2.28. The molecule has 0 rings (SSSR count). The quantitative estimate of drug-likeness (QED) is 0.347. The van der Waals surface area contributed by atoms with Crippen LogP contribution in [0.15, 0.2) is 0 Å². The SMILES string of the molecule is BOC(=O)C(O)C(C)=O. The third-order valence-corrected chi connectivity index (χ3v) is 0.810. The molecule has 0 aliphatic carbocycles. The fourth-order valence-corrected chi connectivity index (χ4v) is 0.278. The first-order chi connectivity index (χ1) is 4.09. The molecular formula is C4H7BO4. The molecule has 9 heavy (non-hydrogen) atoms. The number of carbonyl (C=O) groups excluding carboxylic acids is 2. The highest BCUT2D eigenvalue weighted by Gasteiger charge is 2.18. The van der Waals surface area contributed by atoms with Gasteiger partial charge in [0.2, 0.25) is 6.10 Å². The fraction of sp³-hybridized carbons (Fsp3) is 0.500. The van der Waals surface area contributed by atoms with Crippen LogP contribution in [-0.2, 0) is 14.2 Å². The molecular weight excluding hydrogens is 123 g/mol. The number of ketones is 1. The van der Waals surface area contributed by atoms with Crippen molar-refractivity contribution < 1.29 is 19.3 Å². The molecule has 0 spiro atoms. The zero-order valence-corrected chi connectivity index (χ0v) is 5.25. The van der Waals surface area contributed by atoms with Crippen LogP contribution in [0.4, 0.5) is 0 Å². The van der Waals surface area contributed by atoms with Gasteiger partial charge in [-0.05, 0) is 6.92 Å². The fourth-order valence-electron chi connectivity index (χ4n) is 0.278. The normalized spacial score (nSPS) is 12.2. The Hall–Kier alpha value is -0.835. The Labute approximate surface area is 53.3 Å². The maximum absolute atomic E-state index is 10.3. The lowest BCUT2D eigenvalue weighted by atomic mass is 10.2. The molecule has 1 N–H and O–H groups in total. The standard InChI is InChI=1S/C4H7BO4/c1-2(6)3(7)4(8)9-5/h3,7H,5H2,1H3. The molecule has 0 aliphatic heterocycles. The van der Waals surface area contributed by atoms with Gasteiger partial charge in [0.25, 0.3) is 0 Å². The van der Waals surface area contributed by atoms with Crippen molar-refractivity contribution in [2.75, 3.05) is 0 Å². The summed E-state index contributed by atoms with van der Waals surface area (Å²) in [6.45, 7) is 1.11. The highest BCUT2D eigenvalue weighted by Crippen LogP contribution is 1.86. The lowest BCUT2D eigenvalue weighted by Crippen LogP contribution is -2.28. The van der Waals surface area contributed by atoms with Crippen molar-refractivity contribution in [1.29, 1.82) is 0 Å². The largest absolute Gasteiger partial charge is 0.541 e. The highest BCUT2D eigenvalue weighted by atomic mass is 16.5. The van der Waals surface area contributed by atoms with E-state index in [2.05, 4.69) is 4.65 Å². The summed E-state index contributed by atoms with van der Waals surface area (Å²) < 4.78 is 4.06. The van der Waals surface area contributed by atoms with Crippen molar-refractivity contribution in [2.45, 2.75) is 13.0 Å². The first-order valence-electron chi connectivity index (χ1n) is 2.36. The van der Waals surface area contributed by atoms with Crippen LogP contribution in [0, 0.1) is 0 Å². The number of hydrogen-bond acceptors (Lipinski definition) is 4. The van der Waals surface area contributed by atoms with Crippen molar-refractivity contribution in [3.8, 4) is 0 Å². The van der Waals surface area contributed by atoms with Crippen molar-refractivity contribution in [3.63, 3.8) is 0 Å². The van der Waals surface area contributed by atoms with Gasteiger partial charge in [0.1, 0.15) is 0 Å². The number of hydrogen-bond donors (Lipinski definition) is 1. The zero-order valence-electron chi connectivity index (χ0n) is 5.25. The van der Waals surface area contributed by atoms with E-state index in [4.69, 9.17) is 5.11 Å². The molecule has 0 amide bonds. The first-order valence-corrected chi connectivity index (χ1v) is 2.36. The molecule has 50 valence electrons. The van der Waals surface area contributed by atoms with Crippen molar-refractivity contribution >= 4 is 19.8 Å². The van der Waals surface area contributed by atoms with E-state index in [-0.39, 0.29) is 0 Å². The monoisotopic (exact) mass is 130 g/mol. The van der Waals surface area contributed by atoms with Crippen LogP contribution in [-0.4, -0.2) is 31.0 Å². The van der Waals surface area contributed by atoms with Gasteiger partial charge in [0.05, 0.1) is 0 Å². The molecule has 0 radical (unpaired) electrons. The number of carbonyl (C=O) groups is 2. The minimum absolute atomic E-state index is 0.609. The summed E-state index contributed by atoms with van der Waals surface area (Å²) >= 11 is 0. The lowest BCUT2D eigenvalue weighted by Gasteiger charge is -2.02. The molecule has 5 heteroatoms. The number of Topliss-reactive ketones (excluding diaryl/α,β-unsaturated/α-hetero) is 1. The van der Waals surface area contributed by atoms with Crippen LogP contribution in [0.25, 0.3) is 0 Å². The van der Waals surface area contributed by atoms with Gasteiger partial charge in [-0.2, -0.15) is 0 Å². The molecule has 0 saturated carbocycles. The molecule has 4 nitrogen and oxygen atoms in total. The molecule has 1 atom stereocenters. The van der Waals surface area contributed by atoms with Gasteiger partial charge in [-0.1, -0.05) is 0 Å². The van der Waals surface area contributed by atoms with Crippen LogP contribution < -0.4 is 0 Å². The minimum atomic E-state index is -1.62. The molecule has 0 aromatic heterocycles. The predicted molar refractivity (Wildman–Crippen MR) is 31.3 cm³/mol. The predicted octanol–water partition coefficient (Wildman–Crippen LogP) is -1.97. The Balaban J connectivity index is 3.88. The summed E-state index contributed by atoms with van der Waals surface area (Å²) in [7, 11) is 1.11. The molecule has 0 saturated heterocycles. The second-order valence-corrected chi connectivity index (χ2v) is 1.54. The summed E-state index contributed by atoms with van der Waals surface area (Å²) in [5.74, 6) is -1.52. The van der Waals surface area contributed by atoms with Crippen LogP contribution >= 0.6 is 0 Å². The molecule has 0 bridgehead atoms. The number of rotatable bonds is 2. The third-order valence-electron chi connectivity index (χ3n) is 0.810. The van der Waals surface area contributed by atoms with Crippen LogP contribution in [0.5, 0.6) is 0 Å². The van der Waals surface area contributed by atoms with Gasteiger partial charge in [-0.25, -0.2) is 0 Å². The molecule has 0 aromatic carbocycles. The Morgan fingerprint density at radius 1 is 1.67 bits per heavy atom. The summed E-state index contributed by atoms with van der Waals surface area (Å²) in [6, 6.07) is 0. The van der Waals surface area contributed by atoms with Crippen LogP contribution in [0.1, 0.15) is 6.92 Å². The molecule has 0 heterocycles. The maximum atomic E-state index is 10.3. The Bertz CT molecular complexity index is 133. The Kier molecular flexibility index (Phi) is 2.94. The molecule has 0 fully saturated rings. The van der Waals surface area contributed by atoms with Gasteiger partial charge in [-0.3, -0.25) is 9.59 Å². The highest BCUT2D eigenvalue weighted by molar-refractivity contribution is 6.11. The Morgan fingerprint density at radius 3 is 2.22 bits per heavy atom. The second kappa shape index (κ2) is 3.24. The maximum Gasteiger partial charge on any atom is 0.326 e.